The summed E-state index contributed by atoms with van der Waals surface area (Å²) >= 11 is 3.84. The maximum atomic E-state index is 11.0. The van der Waals surface area contributed by atoms with Gasteiger partial charge in [-0.3, -0.25) is 0 Å². The summed E-state index contributed by atoms with van der Waals surface area (Å²) in [7, 11) is 0. The lowest BCUT2D eigenvalue weighted by atomic mass is 10.1. The molecule has 17 heavy (non-hydrogen) atoms. The molecule has 1 aromatic carbocycles. The highest BCUT2D eigenvalue weighted by Gasteiger charge is 2.20. The second kappa shape index (κ2) is 5.93. The smallest absolute Gasteiger partial charge is 0.171 e. The summed E-state index contributed by atoms with van der Waals surface area (Å²) in [6, 6.07) is 7.10. The summed E-state index contributed by atoms with van der Waals surface area (Å²) in [6.07, 6.45) is 4.02. The van der Waals surface area contributed by atoms with Gasteiger partial charge in [0.2, 0.25) is 0 Å². The van der Waals surface area contributed by atoms with Gasteiger partial charge in [-0.05, 0) is 6.07 Å². The third-order valence-corrected chi connectivity index (χ3v) is 5.67. The first-order valence-electron chi connectivity index (χ1n) is 5.44. The Hall–Kier alpha value is -0.460. The molecule has 0 radical (unpaired) electrons. The molecule has 0 aliphatic carbocycles. The molecule has 0 aromatic heterocycles. The first kappa shape index (κ1) is 13.0. The number of hydrogen-bond donors (Lipinski definition) is 2. The summed E-state index contributed by atoms with van der Waals surface area (Å²) < 4.78 is 0.451. The number of hydrogen-bond acceptors (Lipinski definition) is 4. The van der Waals surface area contributed by atoms with Gasteiger partial charge in [0.15, 0.2) is 5.69 Å². The Bertz CT molecular complexity index is 409. The summed E-state index contributed by atoms with van der Waals surface area (Å²) in [5, 5.41) is 19.9. The maximum Gasteiger partial charge on any atom is 0.171 e. The van der Waals surface area contributed by atoms with Crippen molar-refractivity contribution >= 4 is 35.3 Å². The Labute approximate surface area is 109 Å². The third-order valence-electron chi connectivity index (χ3n) is 2.49. The van der Waals surface area contributed by atoms with Gasteiger partial charge in [0.1, 0.15) is 0 Å². The van der Waals surface area contributed by atoms with Gasteiger partial charge in [-0.15, -0.1) is 23.5 Å². The Balaban J connectivity index is 2.10. The highest BCUT2D eigenvalue weighted by atomic mass is 32.2. The fourth-order valence-corrected chi connectivity index (χ4v) is 4.60. The van der Waals surface area contributed by atoms with Gasteiger partial charge in [-0.25, -0.2) is 5.21 Å². The predicted octanol–water partition coefficient (Wildman–Crippen LogP) is 2.30. The Morgan fingerprint density at radius 3 is 2.88 bits per heavy atom. The van der Waals surface area contributed by atoms with E-state index in [4.69, 9.17) is 5.21 Å². The van der Waals surface area contributed by atoms with Crippen LogP contribution < -0.4 is 5.23 Å². The normalized spacial score (nSPS) is 26.5. The monoisotopic (exact) mass is 269 g/mol. The van der Waals surface area contributed by atoms with E-state index < -0.39 is 5.23 Å². The van der Waals surface area contributed by atoms with Gasteiger partial charge in [0, 0.05) is 22.6 Å². The highest BCUT2D eigenvalue weighted by Crippen LogP contribution is 2.38. The van der Waals surface area contributed by atoms with Crippen LogP contribution in [0.15, 0.2) is 30.3 Å². The molecule has 2 rings (SSSR count). The Kier molecular flexibility index (Phi) is 4.53. The minimum atomic E-state index is -0.870. The Morgan fingerprint density at radius 2 is 2.24 bits per heavy atom. The van der Waals surface area contributed by atoms with Gasteiger partial charge < -0.3 is 5.21 Å². The van der Waals surface area contributed by atoms with Crippen LogP contribution in [-0.4, -0.2) is 20.8 Å². The lowest BCUT2D eigenvalue weighted by Crippen LogP contribution is -2.99. The average molecular weight is 269 g/mol. The summed E-state index contributed by atoms with van der Waals surface area (Å²) in [6.45, 7) is 2.22. The van der Waals surface area contributed by atoms with Crippen molar-refractivity contribution < 1.29 is 10.4 Å². The molecular formula is C12H15NO2S2. The molecule has 1 aromatic rings. The van der Waals surface area contributed by atoms with Crippen LogP contribution in [0.3, 0.4) is 0 Å². The molecule has 3 atom stereocenters. The van der Waals surface area contributed by atoms with E-state index in [1.54, 1.807) is 12.1 Å². The maximum absolute atomic E-state index is 11.0. The molecule has 1 saturated heterocycles. The minimum absolute atomic E-state index is 0.366. The second-order valence-corrected chi connectivity index (χ2v) is 6.96. The Morgan fingerprint density at radius 1 is 1.47 bits per heavy atom. The van der Waals surface area contributed by atoms with Crippen molar-refractivity contribution in [3.05, 3.63) is 41.1 Å². The standard InChI is InChI=1S/C12H15NO2S2/c1-9-8-16-12(17-9)7-6-10-4-2-3-5-11(10)13(14)15/h2-7,9,12-14H,8H2,1H3/t9-,12-/m0/s1. The molecule has 92 valence electrons. The molecule has 0 spiro atoms. The van der Waals surface area contributed by atoms with Crippen LogP contribution in [0.25, 0.3) is 6.08 Å². The lowest BCUT2D eigenvalue weighted by molar-refractivity contribution is -0.991. The number of rotatable bonds is 3. The fourth-order valence-electron chi connectivity index (χ4n) is 1.66. The quantitative estimate of drug-likeness (QED) is 0.827. The van der Waals surface area contributed by atoms with Crippen molar-refractivity contribution in [2.45, 2.75) is 16.8 Å². The third kappa shape index (κ3) is 3.50. The van der Waals surface area contributed by atoms with Crippen molar-refractivity contribution in [3.8, 4) is 0 Å². The first-order chi connectivity index (χ1) is 8.16. The van der Waals surface area contributed by atoms with Gasteiger partial charge >= 0.3 is 0 Å². The summed E-state index contributed by atoms with van der Waals surface area (Å²) in [4.78, 5) is 0. The molecule has 1 unspecified atom stereocenters. The highest BCUT2D eigenvalue weighted by molar-refractivity contribution is 8.20. The molecule has 0 amide bonds. The van der Waals surface area contributed by atoms with E-state index in [1.807, 2.05) is 41.7 Å². The topological polar surface area (TPSA) is 47.7 Å². The molecule has 1 aliphatic rings. The van der Waals surface area contributed by atoms with Gasteiger partial charge in [-0.2, -0.15) is 5.23 Å². The molecule has 0 saturated carbocycles. The van der Waals surface area contributed by atoms with Crippen molar-refractivity contribution in [1.29, 1.82) is 0 Å². The molecule has 1 aliphatic heterocycles. The van der Waals surface area contributed by atoms with Crippen LogP contribution in [0.5, 0.6) is 0 Å². The van der Waals surface area contributed by atoms with E-state index in [0.29, 0.717) is 15.5 Å². The minimum Gasteiger partial charge on any atom is -0.595 e. The van der Waals surface area contributed by atoms with Crippen molar-refractivity contribution in [3.63, 3.8) is 0 Å². The van der Waals surface area contributed by atoms with Gasteiger partial charge in [0.05, 0.1) is 4.58 Å². The zero-order valence-electron chi connectivity index (χ0n) is 9.50. The second-order valence-electron chi connectivity index (χ2n) is 3.90. The van der Waals surface area contributed by atoms with Crippen molar-refractivity contribution in [2.24, 2.45) is 0 Å². The number of benzene rings is 1. The molecule has 2 N–H and O–H groups in total. The van der Waals surface area contributed by atoms with E-state index in [-0.39, 0.29) is 0 Å². The summed E-state index contributed by atoms with van der Waals surface area (Å²) in [5.41, 5.74) is 1.14. The number of thioether (sulfide) groups is 2. The van der Waals surface area contributed by atoms with E-state index in [1.165, 1.54) is 5.75 Å². The molecule has 1 heterocycles. The van der Waals surface area contributed by atoms with Crippen LogP contribution in [-0.2, 0) is 0 Å². The van der Waals surface area contributed by atoms with E-state index >= 15 is 0 Å². The predicted molar refractivity (Wildman–Crippen MR) is 74.6 cm³/mol. The van der Waals surface area contributed by atoms with Crippen LogP contribution in [0, 0.1) is 5.21 Å². The van der Waals surface area contributed by atoms with E-state index in [0.717, 1.165) is 5.56 Å². The van der Waals surface area contributed by atoms with Crippen LogP contribution in [0.4, 0.5) is 5.69 Å². The molecule has 0 bridgehead atoms. The molecule has 5 heteroatoms. The van der Waals surface area contributed by atoms with Gasteiger partial charge in [0.25, 0.3) is 0 Å². The number of quaternary nitrogens is 1. The SMILES string of the molecule is C[C@H]1CS[C@H](C=Cc2ccccc2[NH+]([O-])O)S1. The molecule has 1 fully saturated rings. The molecular weight excluding hydrogens is 254 g/mol. The van der Waals surface area contributed by atoms with Crippen LogP contribution in [0.2, 0.25) is 0 Å². The average Bonchev–Trinajstić information content (AvgIpc) is 2.73. The van der Waals surface area contributed by atoms with Crippen molar-refractivity contribution in [1.82, 2.24) is 0 Å². The number of para-hydroxylation sites is 1. The van der Waals surface area contributed by atoms with Gasteiger partial charge in [-0.1, -0.05) is 31.2 Å². The zero-order chi connectivity index (χ0) is 12.3. The zero-order valence-corrected chi connectivity index (χ0v) is 11.1. The van der Waals surface area contributed by atoms with Crippen LogP contribution >= 0.6 is 23.5 Å². The lowest BCUT2D eigenvalue weighted by Gasteiger charge is -2.13. The summed E-state index contributed by atoms with van der Waals surface area (Å²) in [5.74, 6) is 1.17. The van der Waals surface area contributed by atoms with Crippen molar-refractivity contribution in [2.75, 3.05) is 5.75 Å². The first-order valence-corrected chi connectivity index (χ1v) is 7.43. The van der Waals surface area contributed by atoms with E-state index in [2.05, 4.69) is 13.0 Å². The fraction of sp³-hybridized carbons (Fsp3) is 0.333. The van der Waals surface area contributed by atoms with E-state index in [9.17, 15) is 5.21 Å². The largest absolute Gasteiger partial charge is 0.595 e. The van der Waals surface area contributed by atoms with Crippen LogP contribution in [0.1, 0.15) is 12.5 Å². The number of nitrogens with one attached hydrogen (secondary N) is 1. The molecule has 3 nitrogen and oxygen atoms in total.